The normalized spacial score (nSPS) is 10.9. The van der Waals surface area contributed by atoms with E-state index in [1.807, 2.05) is 0 Å². The fraction of sp³-hybridized carbons (Fsp3) is 0.125. The van der Waals surface area contributed by atoms with Crippen LogP contribution in [-0.2, 0) is 0 Å². The van der Waals surface area contributed by atoms with Gasteiger partial charge in [0.25, 0.3) is 11.6 Å². The van der Waals surface area contributed by atoms with Gasteiger partial charge in [0.05, 0.1) is 22.7 Å². The van der Waals surface area contributed by atoms with E-state index < -0.39 is 15.8 Å². The van der Waals surface area contributed by atoms with Gasteiger partial charge >= 0.3 is 5.69 Å². The average Bonchev–Trinajstić information content (AvgIpc) is 2.65. The lowest BCUT2D eigenvalue weighted by Crippen LogP contribution is -2.19. The topological polar surface area (TPSA) is 137 Å². The van der Waals surface area contributed by atoms with Gasteiger partial charge < -0.3 is 4.74 Å². The molecule has 1 N–H and O–H groups in total. The molecule has 0 heterocycles. The molecule has 0 saturated heterocycles. The molecule has 0 fully saturated rings. The number of nitrogens with one attached hydrogen (secondary N) is 1. The van der Waals surface area contributed by atoms with Gasteiger partial charge in [-0.2, -0.15) is 5.10 Å². The first-order valence-electron chi connectivity index (χ1n) is 7.25. The first-order valence-corrected chi connectivity index (χ1v) is 7.25. The molecule has 0 radical (unpaired) electrons. The van der Waals surface area contributed by atoms with Crippen LogP contribution in [0.1, 0.15) is 22.8 Å². The molecule has 0 atom stereocenters. The number of hydrogen-bond acceptors (Lipinski definition) is 7. The van der Waals surface area contributed by atoms with Gasteiger partial charge in [-0.1, -0.05) is 6.07 Å². The summed E-state index contributed by atoms with van der Waals surface area (Å²) in [5.41, 5.74) is 2.61. The fourth-order valence-electron chi connectivity index (χ4n) is 2.08. The monoisotopic (exact) mass is 358 g/mol. The van der Waals surface area contributed by atoms with Crippen molar-refractivity contribution in [1.82, 2.24) is 5.43 Å². The Kier molecular flexibility index (Phi) is 5.58. The maximum absolute atomic E-state index is 12.1. The number of nitrogens with zero attached hydrogens (tertiary/aromatic N) is 3. The van der Waals surface area contributed by atoms with Gasteiger partial charge in [0.2, 0.25) is 0 Å². The molecule has 10 heteroatoms. The van der Waals surface area contributed by atoms with E-state index in [-0.39, 0.29) is 22.7 Å². The number of non-ortho nitro benzene ring substituents is 1. The lowest BCUT2D eigenvalue weighted by atomic mass is 10.1. The van der Waals surface area contributed by atoms with E-state index >= 15 is 0 Å². The Morgan fingerprint density at radius 3 is 2.42 bits per heavy atom. The van der Waals surface area contributed by atoms with Crippen molar-refractivity contribution in [2.24, 2.45) is 5.10 Å². The van der Waals surface area contributed by atoms with Crippen LogP contribution in [0.3, 0.4) is 0 Å². The largest absolute Gasteiger partial charge is 0.490 e. The van der Waals surface area contributed by atoms with Crippen LogP contribution in [0, 0.1) is 20.2 Å². The molecule has 2 rings (SSSR count). The predicted molar refractivity (Wildman–Crippen MR) is 92.4 cm³/mol. The van der Waals surface area contributed by atoms with Crippen LogP contribution in [-0.4, -0.2) is 28.6 Å². The molecule has 134 valence electrons. The molecule has 0 aliphatic rings. The number of carbonyl (C=O) groups is 1. The quantitative estimate of drug-likeness (QED) is 0.479. The summed E-state index contributed by atoms with van der Waals surface area (Å²) in [6, 6.07) is 9.44. The van der Waals surface area contributed by atoms with Crippen molar-refractivity contribution in [2.45, 2.75) is 6.92 Å². The third kappa shape index (κ3) is 4.17. The van der Waals surface area contributed by atoms with E-state index in [1.54, 1.807) is 13.0 Å². The summed E-state index contributed by atoms with van der Waals surface area (Å²) in [5, 5.41) is 25.7. The van der Waals surface area contributed by atoms with Crippen molar-refractivity contribution in [2.75, 3.05) is 7.11 Å². The summed E-state index contributed by atoms with van der Waals surface area (Å²) < 4.78 is 4.92. The van der Waals surface area contributed by atoms with Crippen LogP contribution in [0.5, 0.6) is 5.75 Å². The van der Waals surface area contributed by atoms with Gasteiger partial charge in [0.1, 0.15) is 0 Å². The first kappa shape index (κ1) is 18.5. The van der Waals surface area contributed by atoms with E-state index in [4.69, 9.17) is 4.74 Å². The second kappa shape index (κ2) is 7.83. The molecule has 0 aliphatic carbocycles. The highest BCUT2D eigenvalue weighted by Gasteiger charge is 2.16. The Morgan fingerprint density at radius 2 is 1.81 bits per heavy atom. The Balaban J connectivity index is 2.21. The van der Waals surface area contributed by atoms with Crippen LogP contribution in [0.4, 0.5) is 11.4 Å². The first-order chi connectivity index (χ1) is 12.3. The number of benzene rings is 2. The van der Waals surface area contributed by atoms with Crippen molar-refractivity contribution in [1.29, 1.82) is 0 Å². The summed E-state index contributed by atoms with van der Waals surface area (Å²) in [6.07, 6.45) is 0. The zero-order valence-corrected chi connectivity index (χ0v) is 13.8. The van der Waals surface area contributed by atoms with E-state index in [0.717, 1.165) is 6.07 Å². The van der Waals surface area contributed by atoms with Gasteiger partial charge in [0, 0.05) is 29.3 Å². The molecule has 0 saturated carbocycles. The zero-order valence-electron chi connectivity index (χ0n) is 13.8. The molecule has 0 aliphatic heterocycles. The summed E-state index contributed by atoms with van der Waals surface area (Å²) in [4.78, 5) is 32.7. The summed E-state index contributed by atoms with van der Waals surface area (Å²) in [7, 11) is 1.32. The van der Waals surface area contributed by atoms with Gasteiger partial charge in [-0.25, -0.2) is 5.43 Å². The van der Waals surface area contributed by atoms with Gasteiger partial charge in [-0.3, -0.25) is 25.0 Å². The minimum absolute atomic E-state index is 0.0662. The molecular formula is C16H14N4O6. The predicted octanol–water partition coefficient (Wildman–Crippen LogP) is 2.67. The van der Waals surface area contributed by atoms with Crippen molar-refractivity contribution < 1.29 is 19.4 Å². The number of carbonyl (C=O) groups excluding carboxylic acids is 1. The zero-order chi connectivity index (χ0) is 19.3. The number of hydrogen-bond donors (Lipinski definition) is 1. The lowest BCUT2D eigenvalue weighted by molar-refractivity contribution is -0.385. The molecular weight excluding hydrogens is 344 g/mol. The molecule has 2 aromatic rings. The number of ether oxygens (including phenoxy) is 1. The van der Waals surface area contributed by atoms with E-state index in [2.05, 4.69) is 10.5 Å². The highest BCUT2D eigenvalue weighted by molar-refractivity contribution is 6.01. The number of rotatable bonds is 6. The SMILES string of the molecule is COc1ccc(/C(C)=N/NC(=O)c2cccc([N+](=O)[O-])c2)cc1[N+](=O)[O-]. The van der Waals surface area contributed by atoms with Crippen molar-refractivity contribution in [3.63, 3.8) is 0 Å². The van der Waals surface area contributed by atoms with Gasteiger partial charge in [0.15, 0.2) is 5.75 Å². The molecule has 0 bridgehead atoms. The summed E-state index contributed by atoms with van der Waals surface area (Å²) in [5.74, 6) is -0.539. The number of hydrazone groups is 1. The number of nitro benzene ring substituents is 2. The number of methoxy groups -OCH3 is 1. The van der Waals surface area contributed by atoms with Crippen LogP contribution in [0.2, 0.25) is 0 Å². The molecule has 0 spiro atoms. The minimum Gasteiger partial charge on any atom is -0.490 e. The molecule has 2 aromatic carbocycles. The number of nitro groups is 2. The Bertz CT molecular complexity index is 909. The smallest absolute Gasteiger partial charge is 0.311 e. The van der Waals surface area contributed by atoms with E-state index in [9.17, 15) is 25.0 Å². The standard InChI is InChI=1S/C16H14N4O6/c1-10(11-6-7-15(26-2)14(9-11)20(24)25)17-18-16(21)12-4-3-5-13(8-12)19(22)23/h3-9H,1-2H3,(H,18,21)/b17-10+. The molecule has 1 amide bonds. The van der Waals surface area contributed by atoms with E-state index in [0.29, 0.717) is 11.3 Å². The van der Waals surface area contributed by atoms with Crippen molar-refractivity contribution in [3.05, 3.63) is 73.8 Å². The van der Waals surface area contributed by atoms with Crippen molar-refractivity contribution >= 4 is 23.0 Å². The molecule has 0 aromatic heterocycles. The lowest BCUT2D eigenvalue weighted by Gasteiger charge is -2.05. The van der Waals surface area contributed by atoms with Crippen molar-refractivity contribution in [3.8, 4) is 5.75 Å². The van der Waals surface area contributed by atoms with E-state index in [1.165, 1.54) is 37.4 Å². The maximum atomic E-state index is 12.1. The number of amides is 1. The second-order valence-electron chi connectivity index (χ2n) is 5.09. The summed E-state index contributed by atoms with van der Waals surface area (Å²) >= 11 is 0. The highest BCUT2D eigenvalue weighted by Crippen LogP contribution is 2.27. The molecule has 26 heavy (non-hydrogen) atoms. The minimum atomic E-state index is -0.643. The van der Waals surface area contributed by atoms with Crippen LogP contribution >= 0.6 is 0 Å². The van der Waals surface area contributed by atoms with Crippen LogP contribution in [0.25, 0.3) is 0 Å². The van der Waals surface area contributed by atoms with Gasteiger partial charge in [-0.05, 0) is 25.1 Å². The molecule has 10 nitrogen and oxygen atoms in total. The van der Waals surface area contributed by atoms with Crippen LogP contribution < -0.4 is 10.2 Å². The Hall–Kier alpha value is -3.82. The Labute approximate surface area is 147 Å². The fourth-order valence-corrected chi connectivity index (χ4v) is 2.08. The third-order valence-electron chi connectivity index (χ3n) is 3.44. The maximum Gasteiger partial charge on any atom is 0.311 e. The highest BCUT2D eigenvalue weighted by atomic mass is 16.6. The third-order valence-corrected chi connectivity index (χ3v) is 3.44. The van der Waals surface area contributed by atoms with Crippen LogP contribution in [0.15, 0.2) is 47.6 Å². The average molecular weight is 358 g/mol. The Morgan fingerprint density at radius 1 is 1.08 bits per heavy atom. The summed E-state index contributed by atoms with van der Waals surface area (Å²) in [6.45, 7) is 1.55. The second-order valence-corrected chi connectivity index (χ2v) is 5.09. The van der Waals surface area contributed by atoms with Gasteiger partial charge in [-0.15, -0.1) is 0 Å². The molecule has 0 unspecified atom stereocenters.